The van der Waals surface area contributed by atoms with E-state index in [4.69, 9.17) is 27.9 Å². The van der Waals surface area contributed by atoms with Crippen LogP contribution in [0, 0.1) is 0 Å². The summed E-state index contributed by atoms with van der Waals surface area (Å²) in [5, 5.41) is 6.87. The Labute approximate surface area is 168 Å². The van der Waals surface area contributed by atoms with Gasteiger partial charge >= 0.3 is 6.03 Å². The largest absolute Gasteiger partial charge is 0.378 e. The van der Waals surface area contributed by atoms with Crippen molar-refractivity contribution in [3.05, 3.63) is 57.7 Å². The maximum absolute atomic E-state index is 12.3. The molecule has 1 fully saturated rings. The van der Waals surface area contributed by atoms with Gasteiger partial charge < -0.3 is 20.3 Å². The number of amides is 2. The Bertz CT molecular complexity index is 797. The predicted molar refractivity (Wildman–Crippen MR) is 108 cm³/mol. The van der Waals surface area contributed by atoms with Crippen molar-refractivity contribution < 1.29 is 9.53 Å². The van der Waals surface area contributed by atoms with Crippen LogP contribution >= 0.6 is 23.2 Å². The van der Waals surface area contributed by atoms with Gasteiger partial charge in [0.25, 0.3) is 0 Å². The maximum Gasteiger partial charge on any atom is 0.315 e. The SMILES string of the molecule is CC(NC(=O)NCc1cccnc1N1CCOCC1)c1ccc(Cl)cc1Cl. The summed E-state index contributed by atoms with van der Waals surface area (Å²) < 4.78 is 5.39. The number of carbonyl (C=O) groups is 1. The highest BCUT2D eigenvalue weighted by atomic mass is 35.5. The lowest BCUT2D eigenvalue weighted by Gasteiger charge is -2.29. The Balaban J connectivity index is 1.59. The number of hydrogen-bond donors (Lipinski definition) is 2. The molecule has 8 heteroatoms. The van der Waals surface area contributed by atoms with Crippen LogP contribution in [0.1, 0.15) is 24.1 Å². The molecule has 0 bridgehead atoms. The van der Waals surface area contributed by atoms with Crippen LogP contribution in [-0.2, 0) is 11.3 Å². The molecule has 27 heavy (non-hydrogen) atoms. The smallest absolute Gasteiger partial charge is 0.315 e. The first-order chi connectivity index (χ1) is 13.0. The molecule has 2 heterocycles. The van der Waals surface area contributed by atoms with Crippen LogP contribution in [0.25, 0.3) is 0 Å². The van der Waals surface area contributed by atoms with E-state index in [1.165, 1.54) is 0 Å². The number of nitrogens with one attached hydrogen (secondary N) is 2. The number of carbonyl (C=O) groups excluding carboxylic acids is 1. The fourth-order valence-electron chi connectivity index (χ4n) is 2.98. The first kappa shape index (κ1) is 19.7. The van der Waals surface area contributed by atoms with E-state index < -0.39 is 0 Å². The highest BCUT2D eigenvalue weighted by Crippen LogP contribution is 2.26. The molecule has 0 saturated carbocycles. The summed E-state index contributed by atoms with van der Waals surface area (Å²) in [7, 11) is 0. The van der Waals surface area contributed by atoms with Crippen molar-refractivity contribution in [1.29, 1.82) is 0 Å². The lowest BCUT2D eigenvalue weighted by molar-refractivity contribution is 0.122. The molecule has 1 aromatic carbocycles. The van der Waals surface area contributed by atoms with Gasteiger partial charge in [0.15, 0.2) is 0 Å². The average molecular weight is 409 g/mol. The second-order valence-electron chi connectivity index (χ2n) is 6.30. The van der Waals surface area contributed by atoms with Crippen LogP contribution in [0.15, 0.2) is 36.5 Å². The van der Waals surface area contributed by atoms with Gasteiger partial charge in [0.05, 0.1) is 19.3 Å². The van der Waals surface area contributed by atoms with E-state index in [9.17, 15) is 4.79 Å². The molecule has 1 saturated heterocycles. The van der Waals surface area contributed by atoms with Crippen molar-refractivity contribution in [2.75, 3.05) is 31.2 Å². The highest BCUT2D eigenvalue weighted by molar-refractivity contribution is 6.35. The zero-order chi connectivity index (χ0) is 19.2. The second kappa shape index (κ2) is 9.26. The molecule has 6 nitrogen and oxygen atoms in total. The van der Waals surface area contributed by atoms with Crippen LogP contribution in [-0.4, -0.2) is 37.3 Å². The molecule has 0 aliphatic carbocycles. The van der Waals surface area contributed by atoms with Gasteiger partial charge in [-0.25, -0.2) is 9.78 Å². The summed E-state index contributed by atoms with van der Waals surface area (Å²) in [5.74, 6) is 0.884. The van der Waals surface area contributed by atoms with Crippen molar-refractivity contribution in [3.8, 4) is 0 Å². The van der Waals surface area contributed by atoms with Crippen molar-refractivity contribution >= 4 is 35.1 Å². The molecule has 2 N–H and O–H groups in total. The molecular formula is C19H22Cl2N4O2. The van der Waals surface area contributed by atoms with E-state index in [1.807, 2.05) is 25.1 Å². The van der Waals surface area contributed by atoms with Gasteiger partial charge in [-0.1, -0.05) is 35.3 Å². The Morgan fingerprint density at radius 3 is 2.81 bits per heavy atom. The van der Waals surface area contributed by atoms with Gasteiger partial charge in [-0.2, -0.15) is 0 Å². The molecule has 3 rings (SSSR count). The fraction of sp³-hybridized carbons (Fsp3) is 0.368. The van der Waals surface area contributed by atoms with Crippen LogP contribution < -0.4 is 15.5 Å². The standard InChI is InChI=1S/C19H22Cl2N4O2/c1-13(16-5-4-15(20)11-17(16)21)24-19(26)23-12-14-3-2-6-22-18(14)25-7-9-27-10-8-25/h2-6,11,13H,7-10,12H2,1H3,(H2,23,24,26). The molecule has 0 spiro atoms. The minimum Gasteiger partial charge on any atom is -0.378 e. The number of urea groups is 1. The number of benzene rings is 1. The molecule has 0 radical (unpaired) electrons. The molecule has 1 aliphatic heterocycles. The monoisotopic (exact) mass is 408 g/mol. The third kappa shape index (κ3) is 5.25. The maximum atomic E-state index is 12.3. The van der Waals surface area contributed by atoms with Gasteiger partial charge in [-0.15, -0.1) is 0 Å². The molecule has 1 aliphatic rings. The first-order valence-electron chi connectivity index (χ1n) is 8.80. The van der Waals surface area contributed by atoms with Crippen LogP contribution in [0.5, 0.6) is 0 Å². The number of aromatic nitrogens is 1. The quantitative estimate of drug-likeness (QED) is 0.789. The van der Waals surface area contributed by atoms with Gasteiger partial charge in [-0.3, -0.25) is 0 Å². The van der Waals surface area contributed by atoms with E-state index in [0.29, 0.717) is 29.8 Å². The first-order valence-corrected chi connectivity index (χ1v) is 9.56. The summed E-state index contributed by atoms with van der Waals surface area (Å²) in [6, 6.07) is 8.55. The molecule has 1 unspecified atom stereocenters. The zero-order valence-electron chi connectivity index (χ0n) is 15.0. The third-order valence-electron chi connectivity index (χ3n) is 4.39. The number of anilines is 1. The van der Waals surface area contributed by atoms with E-state index in [-0.39, 0.29) is 12.1 Å². The number of hydrogen-bond acceptors (Lipinski definition) is 4. The van der Waals surface area contributed by atoms with Crippen molar-refractivity contribution in [3.63, 3.8) is 0 Å². The molecule has 1 atom stereocenters. The van der Waals surface area contributed by atoms with E-state index in [1.54, 1.807) is 18.3 Å². The molecular weight excluding hydrogens is 387 g/mol. The summed E-state index contributed by atoms with van der Waals surface area (Å²) in [6.45, 7) is 5.21. The normalized spacial score (nSPS) is 15.3. The topological polar surface area (TPSA) is 66.5 Å². The lowest BCUT2D eigenvalue weighted by atomic mass is 10.1. The molecule has 2 aromatic rings. The Hall–Kier alpha value is -2.02. The summed E-state index contributed by atoms with van der Waals surface area (Å²) in [5.41, 5.74) is 1.78. The summed E-state index contributed by atoms with van der Waals surface area (Å²) in [6.07, 6.45) is 1.76. The number of pyridine rings is 1. The number of nitrogens with zero attached hydrogens (tertiary/aromatic N) is 2. The minimum absolute atomic E-state index is 0.248. The van der Waals surface area contributed by atoms with Crippen LogP contribution in [0.2, 0.25) is 10.0 Å². The van der Waals surface area contributed by atoms with Gasteiger partial charge in [-0.05, 0) is 30.7 Å². The van der Waals surface area contributed by atoms with Crippen molar-refractivity contribution in [2.24, 2.45) is 0 Å². The Morgan fingerprint density at radius 1 is 1.30 bits per heavy atom. The van der Waals surface area contributed by atoms with Gasteiger partial charge in [0.2, 0.25) is 0 Å². The minimum atomic E-state index is -0.273. The Morgan fingerprint density at radius 2 is 2.07 bits per heavy atom. The zero-order valence-corrected chi connectivity index (χ0v) is 16.6. The number of ether oxygens (including phenoxy) is 1. The highest BCUT2D eigenvalue weighted by Gasteiger charge is 2.17. The molecule has 2 amide bonds. The predicted octanol–water partition coefficient (Wildman–Crippen LogP) is 3.79. The van der Waals surface area contributed by atoms with E-state index in [2.05, 4.69) is 20.5 Å². The van der Waals surface area contributed by atoms with E-state index in [0.717, 1.165) is 30.0 Å². The lowest BCUT2D eigenvalue weighted by Crippen LogP contribution is -2.39. The summed E-state index contributed by atoms with van der Waals surface area (Å²) in [4.78, 5) is 19.0. The Kier molecular flexibility index (Phi) is 6.77. The molecule has 1 aromatic heterocycles. The average Bonchev–Trinajstić information content (AvgIpc) is 2.67. The molecule has 144 valence electrons. The van der Waals surface area contributed by atoms with E-state index >= 15 is 0 Å². The third-order valence-corrected chi connectivity index (χ3v) is 4.96. The number of rotatable bonds is 5. The number of halogens is 2. The van der Waals surface area contributed by atoms with Crippen molar-refractivity contribution in [1.82, 2.24) is 15.6 Å². The fourth-order valence-corrected chi connectivity index (χ4v) is 3.55. The van der Waals surface area contributed by atoms with Crippen molar-refractivity contribution in [2.45, 2.75) is 19.5 Å². The van der Waals surface area contributed by atoms with Crippen LogP contribution in [0.4, 0.5) is 10.6 Å². The number of morpholine rings is 1. The van der Waals surface area contributed by atoms with Crippen LogP contribution in [0.3, 0.4) is 0 Å². The summed E-state index contributed by atoms with van der Waals surface area (Å²) >= 11 is 12.1. The van der Waals surface area contributed by atoms with Gasteiger partial charge in [0, 0.05) is 41.4 Å². The van der Waals surface area contributed by atoms with Gasteiger partial charge in [0.1, 0.15) is 5.82 Å². The second-order valence-corrected chi connectivity index (χ2v) is 7.14.